The predicted octanol–water partition coefficient (Wildman–Crippen LogP) is 0.855. The number of hydrogen-bond donors (Lipinski definition) is 1. The first-order valence-corrected chi connectivity index (χ1v) is 8.38. The molecule has 1 heterocycles. The second-order valence-electron chi connectivity index (χ2n) is 5.21. The fraction of sp³-hybridized carbons (Fsp3) is 0.500. The standard InChI is InChI=1S/C14H20N4O2S/c1-3-17-6-7-18(10-11(17)2)21(19,20)14-5-4-12(9-15)8-13(14)16/h4-5,8,11H,3,6-7,10,16H2,1-2H3. The number of nitrogens with zero attached hydrogens (tertiary/aromatic N) is 3. The Labute approximate surface area is 125 Å². The SMILES string of the molecule is CCN1CCN(S(=O)(=O)c2ccc(C#N)cc2N)CC1C. The largest absolute Gasteiger partial charge is 0.398 e. The van der Waals surface area contributed by atoms with Crippen LogP contribution in [0.2, 0.25) is 0 Å². The van der Waals surface area contributed by atoms with Crippen LogP contribution in [0.15, 0.2) is 23.1 Å². The van der Waals surface area contributed by atoms with Gasteiger partial charge >= 0.3 is 0 Å². The molecule has 0 aliphatic carbocycles. The van der Waals surface area contributed by atoms with E-state index in [1.54, 1.807) is 0 Å². The first-order valence-electron chi connectivity index (χ1n) is 6.94. The van der Waals surface area contributed by atoms with Gasteiger partial charge in [-0.05, 0) is 31.7 Å². The van der Waals surface area contributed by atoms with Gasteiger partial charge in [0.2, 0.25) is 10.0 Å². The van der Waals surface area contributed by atoms with Gasteiger partial charge in [-0.15, -0.1) is 0 Å². The molecule has 2 N–H and O–H groups in total. The molecule has 1 unspecified atom stereocenters. The van der Waals surface area contributed by atoms with Crippen LogP contribution in [-0.4, -0.2) is 49.8 Å². The van der Waals surface area contributed by atoms with Crippen molar-refractivity contribution < 1.29 is 8.42 Å². The molecule has 1 saturated heterocycles. The average Bonchev–Trinajstić information content (AvgIpc) is 2.46. The summed E-state index contributed by atoms with van der Waals surface area (Å²) in [7, 11) is -3.61. The molecule has 0 aromatic heterocycles. The van der Waals surface area contributed by atoms with Gasteiger partial charge in [0, 0.05) is 25.7 Å². The van der Waals surface area contributed by atoms with E-state index < -0.39 is 10.0 Å². The second-order valence-corrected chi connectivity index (χ2v) is 7.11. The van der Waals surface area contributed by atoms with Crippen molar-refractivity contribution in [2.75, 3.05) is 31.9 Å². The third-order valence-corrected chi connectivity index (χ3v) is 5.83. The summed E-state index contributed by atoms with van der Waals surface area (Å²) >= 11 is 0. The molecule has 1 aliphatic heterocycles. The first-order chi connectivity index (χ1) is 9.90. The molecule has 1 aliphatic rings. The molecule has 0 saturated carbocycles. The van der Waals surface area contributed by atoms with E-state index in [1.807, 2.05) is 13.0 Å². The van der Waals surface area contributed by atoms with Gasteiger partial charge in [-0.25, -0.2) is 8.42 Å². The van der Waals surface area contributed by atoms with Crippen LogP contribution in [0.5, 0.6) is 0 Å². The number of nitrogens with two attached hydrogens (primary N) is 1. The molecule has 114 valence electrons. The maximum absolute atomic E-state index is 12.7. The summed E-state index contributed by atoms with van der Waals surface area (Å²) in [6.07, 6.45) is 0. The Bertz CT molecular complexity index is 666. The van der Waals surface area contributed by atoms with Crippen LogP contribution in [0.25, 0.3) is 0 Å². The van der Waals surface area contributed by atoms with Crippen molar-refractivity contribution in [2.45, 2.75) is 24.8 Å². The highest BCUT2D eigenvalue weighted by Crippen LogP contribution is 2.25. The van der Waals surface area contributed by atoms with E-state index in [2.05, 4.69) is 11.8 Å². The van der Waals surface area contributed by atoms with Crippen molar-refractivity contribution in [2.24, 2.45) is 0 Å². The number of sulfonamides is 1. The van der Waals surface area contributed by atoms with E-state index in [1.165, 1.54) is 22.5 Å². The molecule has 0 spiro atoms. The minimum Gasteiger partial charge on any atom is -0.398 e. The Morgan fingerprint density at radius 2 is 2.14 bits per heavy atom. The molecule has 1 atom stereocenters. The lowest BCUT2D eigenvalue weighted by molar-refractivity contribution is 0.135. The van der Waals surface area contributed by atoms with Crippen LogP contribution in [0, 0.1) is 11.3 Å². The van der Waals surface area contributed by atoms with Crippen molar-refractivity contribution in [3.05, 3.63) is 23.8 Å². The molecule has 0 bridgehead atoms. The summed E-state index contributed by atoms with van der Waals surface area (Å²) in [5.41, 5.74) is 6.29. The molecule has 1 aromatic carbocycles. The number of likely N-dealkylation sites (N-methyl/N-ethyl adjacent to an activating group) is 1. The Morgan fingerprint density at radius 3 is 2.67 bits per heavy atom. The summed E-state index contributed by atoms with van der Waals surface area (Å²) in [6, 6.07) is 6.43. The molecule has 21 heavy (non-hydrogen) atoms. The summed E-state index contributed by atoms with van der Waals surface area (Å²) in [5.74, 6) is 0. The maximum atomic E-state index is 12.7. The van der Waals surface area contributed by atoms with Gasteiger partial charge in [0.1, 0.15) is 4.90 Å². The van der Waals surface area contributed by atoms with Crippen LogP contribution >= 0.6 is 0 Å². The monoisotopic (exact) mass is 308 g/mol. The zero-order chi connectivity index (χ0) is 15.6. The van der Waals surface area contributed by atoms with Crippen LogP contribution in [0.4, 0.5) is 5.69 Å². The van der Waals surface area contributed by atoms with Gasteiger partial charge < -0.3 is 5.73 Å². The first kappa shape index (κ1) is 15.8. The van der Waals surface area contributed by atoms with Crippen molar-refractivity contribution in [3.8, 4) is 6.07 Å². The van der Waals surface area contributed by atoms with Crippen LogP contribution < -0.4 is 5.73 Å². The fourth-order valence-electron chi connectivity index (χ4n) is 2.64. The van der Waals surface area contributed by atoms with E-state index >= 15 is 0 Å². The summed E-state index contributed by atoms with van der Waals surface area (Å²) in [5, 5.41) is 8.82. The maximum Gasteiger partial charge on any atom is 0.245 e. The van der Waals surface area contributed by atoms with E-state index in [0.29, 0.717) is 25.2 Å². The van der Waals surface area contributed by atoms with Crippen LogP contribution in [0.1, 0.15) is 19.4 Å². The van der Waals surface area contributed by atoms with Crippen molar-refractivity contribution >= 4 is 15.7 Å². The average molecular weight is 308 g/mol. The molecule has 0 radical (unpaired) electrons. The zero-order valence-electron chi connectivity index (χ0n) is 12.3. The number of piperazine rings is 1. The third-order valence-electron chi connectivity index (χ3n) is 3.89. The lowest BCUT2D eigenvalue weighted by Crippen LogP contribution is -2.53. The normalized spacial score (nSPS) is 21.1. The van der Waals surface area contributed by atoms with Gasteiger partial charge in [0.25, 0.3) is 0 Å². The molecule has 1 aromatic rings. The Hall–Kier alpha value is -1.62. The molecule has 7 heteroatoms. The lowest BCUT2D eigenvalue weighted by atomic mass is 10.2. The van der Waals surface area contributed by atoms with Gasteiger partial charge in [-0.2, -0.15) is 9.57 Å². The third kappa shape index (κ3) is 3.02. The van der Waals surface area contributed by atoms with E-state index in [-0.39, 0.29) is 16.6 Å². The molecule has 2 rings (SSSR count). The molecule has 1 fully saturated rings. The van der Waals surface area contributed by atoms with Crippen LogP contribution in [0.3, 0.4) is 0 Å². The van der Waals surface area contributed by atoms with Gasteiger partial charge in [-0.3, -0.25) is 4.90 Å². The lowest BCUT2D eigenvalue weighted by Gasteiger charge is -2.38. The van der Waals surface area contributed by atoms with E-state index in [0.717, 1.165) is 6.54 Å². The number of nitrogen functional groups attached to an aromatic ring is 1. The summed E-state index contributed by atoms with van der Waals surface area (Å²) in [6.45, 7) is 6.63. The summed E-state index contributed by atoms with van der Waals surface area (Å²) in [4.78, 5) is 2.33. The molecule has 0 amide bonds. The number of nitriles is 1. The molecular weight excluding hydrogens is 288 g/mol. The van der Waals surface area contributed by atoms with Gasteiger partial charge in [0.15, 0.2) is 0 Å². The van der Waals surface area contributed by atoms with Crippen molar-refractivity contribution in [1.82, 2.24) is 9.21 Å². The van der Waals surface area contributed by atoms with Gasteiger partial charge in [0.05, 0.1) is 17.3 Å². The topological polar surface area (TPSA) is 90.4 Å². The van der Waals surface area contributed by atoms with Crippen molar-refractivity contribution in [3.63, 3.8) is 0 Å². The number of rotatable bonds is 3. The Morgan fingerprint density at radius 1 is 1.43 bits per heavy atom. The minimum absolute atomic E-state index is 0.0821. The number of hydrogen-bond acceptors (Lipinski definition) is 5. The smallest absolute Gasteiger partial charge is 0.245 e. The van der Waals surface area contributed by atoms with Crippen molar-refractivity contribution in [1.29, 1.82) is 5.26 Å². The highest BCUT2D eigenvalue weighted by molar-refractivity contribution is 7.89. The van der Waals surface area contributed by atoms with E-state index in [9.17, 15) is 8.42 Å². The van der Waals surface area contributed by atoms with E-state index in [4.69, 9.17) is 11.0 Å². The second kappa shape index (κ2) is 6.02. The van der Waals surface area contributed by atoms with Crippen LogP contribution in [-0.2, 0) is 10.0 Å². The number of benzene rings is 1. The Balaban J connectivity index is 2.29. The zero-order valence-corrected chi connectivity index (χ0v) is 13.1. The summed E-state index contributed by atoms with van der Waals surface area (Å²) < 4.78 is 26.9. The number of anilines is 1. The highest BCUT2D eigenvalue weighted by Gasteiger charge is 2.32. The molecular formula is C14H20N4O2S. The fourth-order valence-corrected chi connectivity index (χ4v) is 4.25. The Kier molecular flexibility index (Phi) is 4.52. The predicted molar refractivity (Wildman–Crippen MR) is 81.0 cm³/mol. The minimum atomic E-state index is -3.61. The highest BCUT2D eigenvalue weighted by atomic mass is 32.2. The molecule has 6 nitrogen and oxygen atoms in total. The quantitative estimate of drug-likeness (QED) is 0.836. The van der Waals surface area contributed by atoms with Gasteiger partial charge in [-0.1, -0.05) is 6.92 Å².